The summed E-state index contributed by atoms with van der Waals surface area (Å²) in [5.41, 5.74) is 3.77. The van der Waals surface area contributed by atoms with Crippen LogP contribution in [0.25, 0.3) is 0 Å². The normalized spacial score (nSPS) is 13.1. The van der Waals surface area contributed by atoms with E-state index in [1.54, 1.807) is 7.11 Å². The van der Waals surface area contributed by atoms with E-state index in [1.165, 1.54) is 0 Å². The fourth-order valence-electron chi connectivity index (χ4n) is 2.52. The monoisotopic (exact) mass is 271 g/mol. The van der Waals surface area contributed by atoms with Gasteiger partial charge in [0.15, 0.2) is 5.69 Å². The van der Waals surface area contributed by atoms with E-state index >= 15 is 0 Å². The van der Waals surface area contributed by atoms with Crippen molar-refractivity contribution in [2.75, 3.05) is 7.11 Å². The maximum atomic E-state index is 12.1. The fourth-order valence-corrected chi connectivity index (χ4v) is 2.52. The van der Waals surface area contributed by atoms with E-state index in [9.17, 15) is 4.79 Å². The summed E-state index contributed by atoms with van der Waals surface area (Å²) in [6.45, 7) is 0.491. The number of hydrogen-bond donors (Lipinski definition) is 2. The molecule has 0 spiro atoms. The number of carbonyl (C=O) groups excluding carboxylic acids is 1. The molecule has 0 unspecified atom stereocenters. The van der Waals surface area contributed by atoms with Gasteiger partial charge in [-0.05, 0) is 37.0 Å². The fraction of sp³-hybridized carbons (Fsp3) is 0.333. The summed E-state index contributed by atoms with van der Waals surface area (Å²) in [7, 11) is 1.63. The third-order valence-electron chi connectivity index (χ3n) is 3.63. The predicted octanol–water partition coefficient (Wildman–Crippen LogP) is 1.84. The van der Waals surface area contributed by atoms with Crippen molar-refractivity contribution in [3.05, 3.63) is 46.8 Å². The van der Waals surface area contributed by atoms with Gasteiger partial charge >= 0.3 is 0 Å². The first-order valence-electron chi connectivity index (χ1n) is 6.75. The number of rotatable bonds is 4. The van der Waals surface area contributed by atoms with Gasteiger partial charge in [0.05, 0.1) is 7.11 Å². The van der Waals surface area contributed by atoms with E-state index in [4.69, 9.17) is 4.74 Å². The Morgan fingerprint density at radius 1 is 1.35 bits per heavy atom. The number of amides is 1. The van der Waals surface area contributed by atoms with E-state index < -0.39 is 0 Å². The summed E-state index contributed by atoms with van der Waals surface area (Å²) in [5, 5.41) is 9.98. The molecule has 20 heavy (non-hydrogen) atoms. The van der Waals surface area contributed by atoms with E-state index in [1.807, 2.05) is 24.3 Å². The lowest BCUT2D eigenvalue weighted by molar-refractivity contribution is 0.0945. The van der Waals surface area contributed by atoms with Gasteiger partial charge in [0.25, 0.3) is 5.91 Å². The molecule has 0 atom stereocenters. The second kappa shape index (κ2) is 5.36. The molecular weight excluding hydrogens is 254 g/mol. The highest BCUT2D eigenvalue weighted by atomic mass is 16.5. The van der Waals surface area contributed by atoms with Gasteiger partial charge in [-0.1, -0.05) is 12.1 Å². The number of methoxy groups -OCH3 is 1. The summed E-state index contributed by atoms with van der Waals surface area (Å²) in [5.74, 6) is 0.699. The second-order valence-corrected chi connectivity index (χ2v) is 4.91. The molecule has 0 saturated heterocycles. The third kappa shape index (κ3) is 2.39. The molecule has 3 rings (SSSR count). The van der Waals surface area contributed by atoms with Crippen molar-refractivity contribution in [2.45, 2.75) is 25.8 Å². The van der Waals surface area contributed by atoms with Crippen molar-refractivity contribution in [2.24, 2.45) is 0 Å². The van der Waals surface area contributed by atoms with Crippen molar-refractivity contribution < 1.29 is 9.53 Å². The van der Waals surface area contributed by atoms with Crippen LogP contribution in [0.4, 0.5) is 0 Å². The van der Waals surface area contributed by atoms with E-state index in [-0.39, 0.29) is 5.91 Å². The van der Waals surface area contributed by atoms with E-state index in [2.05, 4.69) is 15.5 Å². The van der Waals surface area contributed by atoms with Crippen molar-refractivity contribution in [3.63, 3.8) is 0 Å². The number of aromatic nitrogens is 2. The minimum Gasteiger partial charge on any atom is -0.497 e. The Morgan fingerprint density at radius 2 is 2.15 bits per heavy atom. The summed E-state index contributed by atoms with van der Waals surface area (Å²) < 4.78 is 5.10. The molecule has 1 aliphatic rings. The van der Waals surface area contributed by atoms with Crippen LogP contribution in [0.1, 0.15) is 33.7 Å². The first kappa shape index (κ1) is 12.7. The lowest BCUT2D eigenvalue weighted by atomic mass is 10.2. The van der Waals surface area contributed by atoms with Crippen LogP contribution < -0.4 is 10.1 Å². The highest BCUT2D eigenvalue weighted by molar-refractivity contribution is 5.94. The maximum Gasteiger partial charge on any atom is 0.272 e. The number of aromatic amines is 1. The molecule has 0 aliphatic heterocycles. The Hall–Kier alpha value is -2.30. The highest BCUT2D eigenvalue weighted by Gasteiger charge is 2.22. The van der Waals surface area contributed by atoms with Gasteiger partial charge in [-0.25, -0.2) is 0 Å². The van der Waals surface area contributed by atoms with Crippen molar-refractivity contribution in [1.82, 2.24) is 15.5 Å². The van der Waals surface area contributed by atoms with Crippen LogP contribution in [0.2, 0.25) is 0 Å². The van der Waals surface area contributed by atoms with Crippen molar-refractivity contribution in [1.29, 1.82) is 0 Å². The number of fused-ring (bicyclic) bond motifs is 1. The topological polar surface area (TPSA) is 67.0 Å². The number of aryl methyl sites for hydroxylation is 1. The minimum absolute atomic E-state index is 0.111. The Bertz CT molecular complexity index is 617. The zero-order valence-corrected chi connectivity index (χ0v) is 11.4. The zero-order valence-electron chi connectivity index (χ0n) is 11.4. The number of ether oxygens (including phenoxy) is 1. The van der Waals surface area contributed by atoms with Gasteiger partial charge in [0, 0.05) is 17.8 Å². The molecule has 1 aromatic carbocycles. The molecule has 1 amide bonds. The predicted molar refractivity (Wildman–Crippen MR) is 74.8 cm³/mol. The summed E-state index contributed by atoms with van der Waals surface area (Å²) in [6.07, 6.45) is 3.04. The van der Waals surface area contributed by atoms with Crippen LogP contribution in [0.3, 0.4) is 0 Å². The molecule has 5 nitrogen and oxygen atoms in total. The van der Waals surface area contributed by atoms with Crippen LogP contribution >= 0.6 is 0 Å². The highest BCUT2D eigenvalue weighted by Crippen LogP contribution is 2.22. The molecular formula is C15H17N3O2. The molecule has 5 heteroatoms. The molecule has 104 valence electrons. The van der Waals surface area contributed by atoms with Crippen LogP contribution in [0.15, 0.2) is 24.3 Å². The zero-order chi connectivity index (χ0) is 13.9. The summed E-state index contributed by atoms with van der Waals surface area (Å²) in [6, 6.07) is 7.64. The van der Waals surface area contributed by atoms with Gasteiger partial charge < -0.3 is 10.1 Å². The lowest BCUT2D eigenvalue weighted by Crippen LogP contribution is -2.24. The van der Waals surface area contributed by atoms with E-state index in [0.29, 0.717) is 12.2 Å². The third-order valence-corrected chi connectivity index (χ3v) is 3.63. The van der Waals surface area contributed by atoms with Gasteiger partial charge in [-0.3, -0.25) is 9.89 Å². The standard InChI is InChI=1S/C15H17N3O2/c1-20-11-7-5-10(6-8-11)9-16-15(19)14-12-3-2-4-13(12)17-18-14/h5-8H,2-4,9H2,1H3,(H,16,19)(H,17,18). The largest absolute Gasteiger partial charge is 0.497 e. The Balaban J connectivity index is 1.64. The quantitative estimate of drug-likeness (QED) is 0.891. The summed E-state index contributed by atoms with van der Waals surface area (Å²) in [4.78, 5) is 12.1. The number of carbonyl (C=O) groups is 1. The molecule has 1 aromatic heterocycles. The van der Waals surface area contributed by atoms with Gasteiger partial charge in [-0.15, -0.1) is 0 Å². The van der Waals surface area contributed by atoms with Crippen molar-refractivity contribution in [3.8, 4) is 5.75 Å². The Morgan fingerprint density at radius 3 is 2.90 bits per heavy atom. The summed E-state index contributed by atoms with van der Waals surface area (Å²) >= 11 is 0. The van der Waals surface area contributed by atoms with E-state index in [0.717, 1.165) is 41.8 Å². The van der Waals surface area contributed by atoms with Gasteiger partial charge in [0.2, 0.25) is 0 Å². The molecule has 0 saturated carbocycles. The molecule has 0 fully saturated rings. The first-order valence-corrected chi connectivity index (χ1v) is 6.75. The first-order chi connectivity index (χ1) is 9.78. The molecule has 0 radical (unpaired) electrons. The van der Waals surface area contributed by atoms with Gasteiger partial charge in [-0.2, -0.15) is 5.10 Å². The molecule has 1 aliphatic carbocycles. The number of nitrogens with zero attached hydrogens (tertiary/aromatic N) is 1. The molecule has 2 aromatic rings. The van der Waals surface area contributed by atoms with Crippen molar-refractivity contribution >= 4 is 5.91 Å². The second-order valence-electron chi connectivity index (χ2n) is 4.91. The van der Waals surface area contributed by atoms with Crippen LogP contribution in [0, 0.1) is 0 Å². The van der Waals surface area contributed by atoms with Crippen LogP contribution in [-0.4, -0.2) is 23.2 Å². The average Bonchev–Trinajstić information content (AvgIpc) is 3.08. The number of H-pyrrole nitrogens is 1. The minimum atomic E-state index is -0.111. The van der Waals surface area contributed by atoms with Gasteiger partial charge in [0.1, 0.15) is 5.75 Å². The Labute approximate surface area is 117 Å². The lowest BCUT2D eigenvalue weighted by Gasteiger charge is -2.05. The number of benzene rings is 1. The SMILES string of the molecule is COc1ccc(CNC(=O)c2n[nH]c3c2CCC3)cc1. The number of nitrogens with one attached hydrogen (secondary N) is 2. The number of hydrogen-bond acceptors (Lipinski definition) is 3. The smallest absolute Gasteiger partial charge is 0.272 e. The van der Waals surface area contributed by atoms with Crippen LogP contribution in [-0.2, 0) is 19.4 Å². The average molecular weight is 271 g/mol. The molecule has 1 heterocycles. The van der Waals surface area contributed by atoms with Crippen LogP contribution in [0.5, 0.6) is 5.75 Å². The molecule has 0 bridgehead atoms. The maximum absolute atomic E-state index is 12.1. The Kier molecular flexibility index (Phi) is 3.41. The molecule has 2 N–H and O–H groups in total.